The summed E-state index contributed by atoms with van der Waals surface area (Å²) in [5.74, 6) is 0.838. The van der Waals surface area contributed by atoms with E-state index in [-0.39, 0.29) is 5.78 Å². The number of benzene rings is 6. The van der Waals surface area contributed by atoms with E-state index in [1.165, 1.54) is 55.3 Å². The van der Waals surface area contributed by atoms with Gasteiger partial charge in [-0.05, 0) is 109 Å². The van der Waals surface area contributed by atoms with Crippen molar-refractivity contribution in [2.45, 2.75) is 20.3 Å². The number of ketones is 1. The van der Waals surface area contributed by atoms with Crippen LogP contribution in [0.3, 0.4) is 0 Å². The maximum absolute atomic E-state index is 13.6. The number of carbonyl (C=O) groups excluding carboxylic acids is 1. The molecule has 2 atom stereocenters. The molecule has 0 spiro atoms. The van der Waals surface area contributed by atoms with Crippen LogP contribution in [0.1, 0.15) is 56.2 Å². The Morgan fingerprint density at radius 1 is 0.667 bits per heavy atom. The van der Waals surface area contributed by atoms with Crippen LogP contribution in [0.5, 0.6) is 0 Å². The second-order valence-electron chi connectivity index (χ2n) is 14.2. The van der Waals surface area contributed by atoms with Crippen molar-refractivity contribution in [1.29, 1.82) is 0 Å². The Morgan fingerprint density at radius 3 is 2.14 bits per heavy atom. The van der Waals surface area contributed by atoms with Crippen molar-refractivity contribution >= 4 is 40.4 Å². The third kappa shape index (κ3) is 5.75. The van der Waals surface area contributed by atoms with E-state index < -0.39 is 0 Å². The van der Waals surface area contributed by atoms with Crippen LogP contribution in [0.15, 0.2) is 157 Å². The van der Waals surface area contributed by atoms with Gasteiger partial charge in [0.1, 0.15) is 0 Å². The molecule has 0 bridgehead atoms. The summed E-state index contributed by atoms with van der Waals surface area (Å²) in [4.78, 5) is 13.6. The zero-order chi connectivity index (χ0) is 34.5. The molecule has 0 heterocycles. The average Bonchev–Trinajstić information content (AvgIpc) is 3.18. The molecular formula is C50H38O. The zero-order valence-electron chi connectivity index (χ0n) is 28.9. The van der Waals surface area contributed by atoms with Gasteiger partial charge in [-0.25, -0.2) is 0 Å². The topological polar surface area (TPSA) is 17.1 Å². The van der Waals surface area contributed by atoms with Crippen molar-refractivity contribution in [2.75, 3.05) is 0 Å². The van der Waals surface area contributed by atoms with E-state index in [1.54, 1.807) is 0 Å². The number of hydrogen-bond acceptors (Lipinski definition) is 1. The predicted molar refractivity (Wildman–Crippen MR) is 215 cm³/mol. The van der Waals surface area contributed by atoms with Crippen molar-refractivity contribution in [3.8, 4) is 22.3 Å². The largest absolute Gasteiger partial charge is 0.289 e. The van der Waals surface area contributed by atoms with Gasteiger partial charge < -0.3 is 0 Å². The molecule has 3 aliphatic carbocycles. The van der Waals surface area contributed by atoms with Crippen LogP contribution in [0.4, 0.5) is 0 Å². The summed E-state index contributed by atoms with van der Waals surface area (Å²) >= 11 is 0. The molecule has 0 saturated heterocycles. The first-order valence-electron chi connectivity index (χ1n) is 18.0. The standard InChI is InChI=1S/C50H38O/c1-32-7-3-4-8-38(32)30-48-33(2)11-12-43-28-41(23-25-46(43)48)34-13-17-36(18-14-34)50(51)37-19-15-35(16-20-37)42-24-26-47-44(29-42)21-22-45-27-39-9-5-6-10-40(39)31-49(45)47/h3-30,33,40H,31H2,1-2H3/b48-30+. The van der Waals surface area contributed by atoms with Crippen LogP contribution < -0.4 is 0 Å². The highest BCUT2D eigenvalue weighted by Crippen LogP contribution is 2.39. The first-order chi connectivity index (χ1) is 25.0. The SMILES string of the molecule is Cc1ccccc1/C=C1/c2ccc(-c3ccc(C(=O)c4ccc(-c5ccc6c7c(ccc6c5)C=C5C=CC=CC5C7)cc4)cc3)cc2C=CC1C. The Morgan fingerprint density at radius 2 is 1.37 bits per heavy atom. The number of aryl methyl sites for hydroxylation is 1. The molecule has 0 radical (unpaired) electrons. The summed E-state index contributed by atoms with van der Waals surface area (Å²) in [5, 5.41) is 2.58. The number of hydrogen-bond donors (Lipinski definition) is 0. The lowest BCUT2D eigenvalue weighted by atomic mass is 9.79. The Kier molecular flexibility index (Phi) is 7.70. The molecule has 2 unspecified atom stereocenters. The Labute approximate surface area is 300 Å². The second kappa shape index (κ2) is 12.7. The fourth-order valence-electron chi connectivity index (χ4n) is 7.95. The number of carbonyl (C=O) groups is 1. The van der Waals surface area contributed by atoms with Crippen LogP contribution in [0, 0.1) is 18.8 Å². The minimum atomic E-state index is 0.0330. The second-order valence-corrected chi connectivity index (χ2v) is 14.2. The molecule has 6 aromatic rings. The summed E-state index contributed by atoms with van der Waals surface area (Å²) in [6.45, 7) is 4.42. The van der Waals surface area contributed by atoms with Crippen LogP contribution in [-0.4, -0.2) is 5.78 Å². The Balaban J connectivity index is 0.928. The van der Waals surface area contributed by atoms with Crippen LogP contribution in [0.25, 0.3) is 56.8 Å². The molecule has 0 fully saturated rings. The average molecular weight is 655 g/mol. The van der Waals surface area contributed by atoms with Crippen molar-refractivity contribution in [1.82, 2.24) is 0 Å². The molecule has 6 aromatic carbocycles. The van der Waals surface area contributed by atoms with E-state index in [0.717, 1.165) is 28.7 Å². The number of rotatable bonds is 5. The maximum atomic E-state index is 13.6. The molecule has 51 heavy (non-hydrogen) atoms. The summed E-state index contributed by atoms with van der Waals surface area (Å²) in [6, 6.07) is 42.6. The summed E-state index contributed by atoms with van der Waals surface area (Å²) in [5.41, 5.74) is 16.4. The molecule has 0 amide bonds. The van der Waals surface area contributed by atoms with E-state index in [2.05, 4.69) is 160 Å². The fraction of sp³-hybridized carbons (Fsp3) is 0.100. The molecule has 1 heteroatoms. The van der Waals surface area contributed by atoms with Gasteiger partial charge in [0.25, 0.3) is 0 Å². The Bertz CT molecular complexity index is 2510. The van der Waals surface area contributed by atoms with Gasteiger partial charge in [0.05, 0.1) is 0 Å². The van der Waals surface area contributed by atoms with E-state index >= 15 is 0 Å². The molecule has 0 aliphatic heterocycles. The quantitative estimate of drug-likeness (QED) is 0.169. The summed E-state index contributed by atoms with van der Waals surface area (Å²) in [6.07, 6.45) is 19.1. The minimum Gasteiger partial charge on any atom is -0.289 e. The van der Waals surface area contributed by atoms with Gasteiger partial charge in [0.2, 0.25) is 0 Å². The first-order valence-corrected chi connectivity index (χ1v) is 18.0. The number of fused-ring (bicyclic) bond motifs is 5. The lowest BCUT2D eigenvalue weighted by Gasteiger charge is -2.25. The van der Waals surface area contributed by atoms with E-state index in [1.807, 2.05) is 24.3 Å². The third-order valence-corrected chi connectivity index (χ3v) is 11.0. The molecule has 9 rings (SSSR count). The number of allylic oxidation sites excluding steroid dienone is 7. The van der Waals surface area contributed by atoms with Gasteiger partial charge in [-0.3, -0.25) is 4.79 Å². The van der Waals surface area contributed by atoms with Gasteiger partial charge in [0.15, 0.2) is 5.78 Å². The maximum Gasteiger partial charge on any atom is 0.193 e. The van der Waals surface area contributed by atoms with E-state index in [0.29, 0.717) is 23.0 Å². The molecular weight excluding hydrogens is 617 g/mol. The van der Waals surface area contributed by atoms with Crippen molar-refractivity contribution in [3.05, 3.63) is 202 Å². The molecule has 1 nitrogen and oxygen atoms in total. The lowest BCUT2D eigenvalue weighted by molar-refractivity contribution is 0.103. The van der Waals surface area contributed by atoms with Gasteiger partial charge in [0, 0.05) is 17.0 Å². The van der Waals surface area contributed by atoms with Crippen LogP contribution in [-0.2, 0) is 6.42 Å². The summed E-state index contributed by atoms with van der Waals surface area (Å²) in [7, 11) is 0. The van der Waals surface area contributed by atoms with Crippen molar-refractivity contribution < 1.29 is 4.79 Å². The lowest BCUT2D eigenvalue weighted by Crippen LogP contribution is -2.11. The van der Waals surface area contributed by atoms with E-state index in [4.69, 9.17) is 0 Å². The van der Waals surface area contributed by atoms with Gasteiger partial charge in [-0.15, -0.1) is 0 Å². The first kappa shape index (κ1) is 31.0. The van der Waals surface area contributed by atoms with Crippen LogP contribution >= 0.6 is 0 Å². The third-order valence-electron chi connectivity index (χ3n) is 11.0. The van der Waals surface area contributed by atoms with Crippen molar-refractivity contribution in [3.63, 3.8) is 0 Å². The monoisotopic (exact) mass is 654 g/mol. The minimum absolute atomic E-state index is 0.0330. The normalized spacial score (nSPS) is 17.9. The molecule has 0 aromatic heterocycles. The highest BCUT2D eigenvalue weighted by molar-refractivity contribution is 6.09. The molecule has 0 saturated carbocycles. The fourth-order valence-corrected chi connectivity index (χ4v) is 7.95. The predicted octanol–water partition coefficient (Wildman–Crippen LogP) is 12.6. The van der Waals surface area contributed by atoms with Gasteiger partial charge >= 0.3 is 0 Å². The Hall–Kier alpha value is -6.05. The van der Waals surface area contributed by atoms with Crippen LogP contribution in [0.2, 0.25) is 0 Å². The van der Waals surface area contributed by atoms with Gasteiger partial charge in [-0.2, -0.15) is 0 Å². The van der Waals surface area contributed by atoms with Crippen molar-refractivity contribution in [2.24, 2.45) is 11.8 Å². The van der Waals surface area contributed by atoms with Gasteiger partial charge in [-0.1, -0.05) is 165 Å². The molecule has 3 aliphatic rings. The molecule has 0 N–H and O–H groups in total. The zero-order valence-corrected chi connectivity index (χ0v) is 28.9. The molecule has 244 valence electrons. The highest BCUT2D eigenvalue weighted by atomic mass is 16.1. The highest BCUT2D eigenvalue weighted by Gasteiger charge is 2.21. The summed E-state index contributed by atoms with van der Waals surface area (Å²) < 4.78 is 0. The smallest absolute Gasteiger partial charge is 0.193 e. The van der Waals surface area contributed by atoms with E-state index in [9.17, 15) is 4.79 Å².